The van der Waals surface area contributed by atoms with Gasteiger partial charge in [-0.15, -0.1) is 0 Å². The van der Waals surface area contributed by atoms with Crippen molar-refractivity contribution >= 4 is 122 Å². The number of hydrogen-bond acceptors (Lipinski definition) is 3. The molecule has 0 saturated heterocycles. The van der Waals surface area contributed by atoms with E-state index in [-0.39, 0.29) is 0 Å². The van der Waals surface area contributed by atoms with Crippen LogP contribution in [0.1, 0.15) is 13.3 Å². The molecule has 1 aliphatic heterocycles. The van der Waals surface area contributed by atoms with Crippen LogP contribution in [0.15, 0.2) is 5.10 Å². The van der Waals surface area contributed by atoms with Crippen molar-refractivity contribution in [2.24, 2.45) is 5.10 Å². The predicted octanol–water partition coefficient (Wildman–Crippen LogP) is 6.33. The van der Waals surface area contributed by atoms with Crippen LogP contribution in [-0.4, -0.2) is 45.3 Å². The number of nitrogens with zero attached hydrogens (tertiary/aromatic N) is 3. The van der Waals surface area contributed by atoms with Crippen molar-refractivity contribution in [3.05, 3.63) is 0 Å². The molecule has 22 heavy (non-hydrogen) atoms. The second-order valence-electron chi connectivity index (χ2n) is 4.33. The summed E-state index contributed by atoms with van der Waals surface area (Å²) in [5.74, 6) is 0. The van der Waals surface area contributed by atoms with Crippen LogP contribution in [0.3, 0.4) is 0 Å². The SMILES string of the molecule is CCCN1N=CN(C(Cl)(Cl)C(Cl)(Cl)Cl)C1C(Cl)(Cl)C(Cl)(Cl)Cl. The van der Waals surface area contributed by atoms with Crippen molar-refractivity contribution in [3.8, 4) is 0 Å². The lowest BCUT2D eigenvalue weighted by Crippen LogP contribution is -2.63. The van der Waals surface area contributed by atoms with Crippen molar-refractivity contribution in [3.63, 3.8) is 0 Å². The van der Waals surface area contributed by atoms with E-state index in [1.54, 1.807) is 0 Å². The molecule has 0 fully saturated rings. The van der Waals surface area contributed by atoms with Gasteiger partial charge in [-0.05, 0) is 6.42 Å². The van der Waals surface area contributed by atoms with Crippen LogP contribution in [0.25, 0.3) is 0 Å². The molecule has 3 nitrogen and oxygen atoms in total. The molecule has 0 bridgehead atoms. The van der Waals surface area contributed by atoms with Crippen LogP contribution in [0.4, 0.5) is 0 Å². The van der Waals surface area contributed by atoms with E-state index < -0.39 is 22.5 Å². The molecule has 0 aromatic carbocycles. The first-order valence-electron chi connectivity index (χ1n) is 5.66. The second-order valence-corrected chi connectivity index (χ2v) is 11.6. The highest BCUT2D eigenvalue weighted by Crippen LogP contribution is 2.56. The van der Waals surface area contributed by atoms with Gasteiger partial charge in [0.05, 0.1) is 0 Å². The third-order valence-corrected chi connectivity index (χ3v) is 7.48. The average Bonchev–Trinajstić information content (AvgIpc) is 2.71. The molecular formula is C9H9Cl10N3. The third kappa shape index (κ3) is 4.28. The Bertz CT molecular complexity index is 426. The topological polar surface area (TPSA) is 18.8 Å². The fraction of sp³-hybridized carbons (Fsp3) is 0.889. The number of alkyl halides is 10. The number of halogens is 10. The molecule has 0 aliphatic carbocycles. The minimum Gasteiger partial charge on any atom is -0.301 e. The maximum Gasteiger partial charge on any atom is 0.241 e. The maximum absolute atomic E-state index is 6.26. The Labute approximate surface area is 178 Å². The highest BCUT2D eigenvalue weighted by Gasteiger charge is 2.63. The molecule has 130 valence electrons. The van der Waals surface area contributed by atoms with Gasteiger partial charge in [-0.3, -0.25) is 5.01 Å². The van der Waals surface area contributed by atoms with Crippen LogP contribution < -0.4 is 0 Å². The van der Waals surface area contributed by atoms with Gasteiger partial charge in [0.15, 0.2) is 6.17 Å². The summed E-state index contributed by atoms with van der Waals surface area (Å²) in [5, 5.41) is 5.53. The lowest BCUT2D eigenvalue weighted by molar-refractivity contribution is 0.0987. The molecule has 1 unspecified atom stereocenters. The summed E-state index contributed by atoms with van der Waals surface area (Å²) >= 11 is 59.9. The minimum absolute atomic E-state index is 0.420. The van der Waals surface area contributed by atoms with Gasteiger partial charge in [0.25, 0.3) is 0 Å². The molecule has 1 atom stereocenters. The molecule has 0 spiro atoms. The number of rotatable bonds is 4. The molecule has 1 heterocycles. The van der Waals surface area contributed by atoms with Gasteiger partial charge in [0.2, 0.25) is 16.4 Å². The number of hydrogen-bond donors (Lipinski definition) is 0. The van der Waals surface area contributed by atoms with E-state index in [2.05, 4.69) is 5.10 Å². The van der Waals surface area contributed by atoms with E-state index in [0.717, 1.165) is 4.90 Å². The van der Waals surface area contributed by atoms with Gasteiger partial charge in [-0.25, -0.2) is 0 Å². The summed E-state index contributed by atoms with van der Waals surface area (Å²) < 4.78 is -8.29. The second kappa shape index (κ2) is 7.42. The van der Waals surface area contributed by atoms with E-state index in [0.29, 0.717) is 13.0 Å². The fourth-order valence-electron chi connectivity index (χ4n) is 1.68. The molecule has 13 heteroatoms. The van der Waals surface area contributed by atoms with Crippen molar-refractivity contribution in [2.75, 3.05) is 6.54 Å². The maximum atomic E-state index is 6.26. The highest BCUT2D eigenvalue weighted by atomic mass is 35.6. The molecule has 0 aromatic heterocycles. The van der Waals surface area contributed by atoms with Crippen LogP contribution in [-0.2, 0) is 0 Å². The normalized spacial score (nSPS) is 21.0. The summed E-state index contributed by atoms with van der Waals surface area (Å²) in [6.07, 6.45) is 0.823. The molecule has 0 saturated carbocycles. The van der Waals surface area contributed by atoms with Gasteiger partial charge in [0.1, 0.15) is 6.34 Å². The van der Waals surface area contributed by atoms with E-state index in [9.17, 15) is 0 Å². The molecule has 0 radical (unpaired) electrons. The van der Waals surface area contributed by atoms with Gasteiger partial charge in [-0.2, -0.15) is 5.10 Å². The Morgan fingerprint density at radius 1 is 0.909 bits per heavy atom. The van der Waals surface area contributed by atoms with E-state index in [1.165, 1.54) is 11.3 Å². The zero-order chi connectivity index (χ0) is 17.6. The first-order chi connectivity index (χ1) is 9.68. The fourth-order valence-corrected chi connectivity index (χ4v) is 2.97. The largest absolute Gasteiger partial charge is 0.301 e. The first-order valence-corrected chi connectivity index (χ1v) is 9.44. The Morgan fingerprint density at radius 3 is 1.77 bits per heavy atom. The Balaban J connectivity index is 3.32. The molecule has 0 N–H and O–H groups in total. The summed E-state index contributed by atoms with van der Waals surface area (Å²) in [7, 11) is 0. The molecule has 1 rings (SSSR count). The van der Waals surface area contributed by atoms with Crippen LogP contribution in [0.2, 0.25) is 0 Å². The van der Waals surface area contributed by atoms with Crippen LogP contribution in [0, 0.1) is 0 Å². The van der Waals surface area contributed by atoms with Crippen LogP contribution >= 0.6 is 116 Å². The lowest BCUT2D eigenvalue weighted by Gasteiger charge is -2.46. The van der Waals surface area contributed by atoms with Gasteiger partial charge < -0.3 is 4.90 Å². The van der Waals surface area contributed by atoms with Crippen molar-refractivity contribution in [1.82, 2.24) is 9.91 Å². The summed E-state index contributed by atoms with van der Waals surface area (Å²) in [5.41, 5.74) is 0. The lowest BCUT2D eigenvalue weighted by atomic mass is 10.3. The zero-order valence-corrected chi connectivity index (χ0v) is 18.2. The van der Waals surface area contributed by atoms with Crippen molar-refractivity contribution in [1.29, 1.82) is 0 Å². The van der Waals surface area contributed by atoms with Crippen molar-refractivity contribution in [2.45, 2.75) is 35.9 Å². The summed E-state index contributed by atoms with van der Waals surface area (Å²) in [6.45, 7) is 2.32. The Morgan fingerprint density at radius 2 is 1.41 bits per heavy atom. The van der Waals surface area contributed by atoms with Crippen LogP contribution in [0.5, 0.6) is 0 Å². The van der Waals surface area contributed by atoms with E-state index in [4.69, 9.17) is 116 Å². The first kappa shape index (κ1) is 22.2. The van der Waals surface area contributed by atoms with Gasteiger partial charge in [0, 0.05) is 6.54 Å². The zero-order valence-electron chi connectivity index (χ0n) is 10.7. The Kier molecular flexibility index (Phi) is 7.49. The van der Waals surface area contributed by atoms with E-state index >= 15 is 0 Å². The molecule has 0 amide bonds. The summed E-state index contributed by atoms with van der Waals surface area (Å²) in [4.78, 5) is 1.13. The van der Waals surface area contributed by atoms with Gasteiger partial charge >= 0.3 is 0 Å². The van der Waals surface area contributed by atoms with Crippen molar-refractivity contribution < 1.29 is 0 Å². The third-order valence-electron chi connectivity index (χ3n) is 2.69. The monoisotopic (exact) mass is 509 g/mol. The van der Waals surface area contributed by atoms with E-state index in [1.807, 2.05) is 6.92 Å². The Hall–Kier alpha value is 2.17. The smallest absolute Gasteiger partial charge is 0.241 e. The highest BCUT2D eigenvalue weighted by molar-refractivity contribution is 6.76. The minimum atomic E-state index is -2.12. The molecule has 1 aliphatic rings. The van der Waals surface area contributed by atoms with Gasteiger partial charge in [-0.1, -0.05) is 123 Å². The average molecular weight is 514 g/mol. The quantitative estimate of drug-likeness (QED) is 0.323. The number of hydrazone groups is 1. The molecular weight excluding hydrogens is 505 g/mol. The predicted molar refractivity (Wildman–Crippen MR) is 101 cm³/mol. The molecule has 0 aromatic rings. The summed E-state index contributed by atoms with van der Waals surface area (Å²) in [6, 6.07) is 0. The standard InChI is InChI=1S/C9H9Cl10N3/c1-2-3-22-5(6(10,11)7(12,13)14)21(4-20-22)9(18,19)8(15,16)17/h4-5H,2-3H2,1H3.